The summed E-state index contributed by atoms with van der Waals surface area (Å²) in [5, 5.41) is 2.65. The molecule has 0 radical (unpaired) electrons. The topological polar surface area (TPSA) is 66.9 Å². The first-order chi connectivity index (χ1) is 14.7. The van der Waals surface area contributed by atoms with Crippen LogP contribution in [-0.4, -0.2) is 44.4 Å². The van der Waals surface area contributed by atoms with Crippen molar-refractivity contribution in [3.05, 3.63) is 72.9 Å². The summed E-state index contributed by atoms with van der Waals surface area (Å²) in [7, 11) is 1.68. The molecular formula is C23H24N4O3. The number of rotatable bonds is 5. The maximum absolute atomic E-state index is 12.0. The summed E-state index contributed by atoms with van der Waals surface area (Å²) >= 11 is 0. The van der Waals surface area contributed by atoms with Crippen molar-refractivity contribution >= 4 is 23.3 Å². The highest BCUT2D eigenvalue weighted by Crippen LogP contribution is 2.23. The molecule has 1 N–H and O–H groups in total. The molecule has 1 saturated heterocycles. The summed E-state index contributed by atoms with van der Waals surface area (Å²) in [6.45, 7) is 3.65. The van der Waals surface area contributed by atoms with Crippen LogP contribution in [0.4, 0.5) is 22.0 Å². The summed E-state index contributed by atoms with van der Waals surface area (Å²) in [6.07, 6.45) is 1.22. The van der Waals surface area contributed by atoms with Crippen LogP contribution in [0.1, 0.15) is 0 Å². The summed E-state index contributed by atoms with van der Waals surface area (Å²) in [4.78, 5) is 21.0. The Balaban J connectivity index is 1.29. The maximum atomic E-state index is 12.0. The molecule has 2 aromatic carbocycles. The number of methoxy groups -OCH3 is 1. The summed E-state index contributed by atoms with van der Waals surface area (Å²) in [5.41, 5.74) is 2.23. The second-order valence-corrected chi connectivity index (χ2v) is 6.90. The molecule has 0 saturated carbocycles. The third-order valence-electron chi connectivity index (χ3n) is 5.01. The number of hydrogen-bond donors (Lipinski definition) is 1. The van der Waals surface area contributed by atoms with Gasteiger partial charge in [0.2, 0.25) is 0 Å². The molecule has 0 spiro atoms. The Morgan fingerprint density at radius 3 is 2.07 bits per heavy atom. The smallest absolute Gasteiger partial charge is 0.418 e. The highest BCUT2D eigenvalue weighted by Gasteiger charge is 2.18. The predicted molar refractivity (Wildman–Crippen MR) is 118 cm³/mol. The minimum absolute atomic E-state index is 0.455. The van der Waals surface area contributed by atoms with E-state index in [9.17, 15) is 4.79 Å². The van der Waals surface area contributed by atoms with Gasteiger partial charge in [-0.3, -0.25) is 5.32 Å². The molecular weight excluding hydrogens is 380 g/mol. The van der Waals surface area contributed by atoms with E-state index >= 15 is 0 Å². The van der Waals surface area contributed by atoms with Crippen molar-refractivity contribution in [1.29, 1.82) is 0 Å². The number of anilines is 3. The molecule has 1 fully saturated rings. The molecule has 1 aliphatic rings. The average molecular weight is 404 g/mol. The van der Waals surface area contributed by atoms with Gasteiger partial charge >= 0.3 is 6.09 Å². The number of carbonyl (C=O) groups excluding carboxylic acids is 1. The number of nitrogens with one attached hydrogen (secondary N) is 1. The predicted octanol–water partition coefficient (Wildman–Crippen LogP) is 4.03. The van der Waals surface area contributed by atoms with E-state index in [1.54, 1.807) is 31.5 Å². The molecule has 0 atom stereocenters. The SMILES string of the molecule is COc1ccc(N2CCN(c3ccc(NC(=O)Oc4ccccc4)nc3)CC2)cc1. The van der Waals surface area contributed by atoms with Crippen LogP contribution in [-0.2, 0) is 0 Å². The van der Waals surface area contributed by atoms with E-state index in [0.717, 1.165) is 37.6 Å². The van der Waals surface area contributed by atoms with Crippen molar-refractivity contribution in [2.75, 3.05) is 48.4 Å². The third-order valence-corrected chi connectivity index (χ3v) is 5.01. The number of carbonyl (C=O) groups is 1. The molecule has 1 aliphatic heterocycles. The first-order valence-corrected chi connectivity index (χ1v) is 9.85. The Labute approximate surface area is 175 Å². The van der Waals surface area contributed by atoms with Crippen LogP contribution < -0.4 is 24.6 Å². The van der Waals surface area contributed by atoms with Crippen LogP contribution in [0.3, 0.4) is 0 Å². The first kappa shape index (κ1) is 19.6. The van der Waals surface area contributed by atoms with Gasteiger partial charge in [0.1, 0.15) is 17.3 Å². The van der Waals surface area contributed by atoms with E-state index in [2.05, 4.69) is 32.2 Å². The normalized spacial score (nSPS) is 13.6. The molecule has 4 rings (SSSR count). The van der Waals surface area contributed by atoms with Gasteiger partial charge in [0, 0.05) is 31.9 Å². The van der Waals surface area contributed by atoms with E-state index in [-0.39, 0.29) is 0 Å². The van der Waals surface area contributed by atoms with Crippen molar-refractivity contribution in [3.63, 3.8) is 0 Å². The highest BCUT2D eigenvalue weighted by molar-refractivity contribution is 5.85. The van der Waals surface area contributed by atoms with E-state index < -0.39 is 6.09 Å². The molecule has 0 bridgehead atoms. The monoisotopic (exact) mass is 404 g/mol. The van der Waals surface area contributed by atoms with Crippen LogP contribution in [0.15, 0.2) is 72.9 Å². The zero-order chi connectivity index (χ0) is 20.8. The molecule has 7 nitrogen and oxygen atoms in total. The van der Waals surface area contributed by atoms with Crippen molar-refractivity contribution in [2.45, 2.75) is 0 Å². The number of nitrogens with zero attached hydrogens (tertiary/aromatic N) is 3. The zero-order valence-corrected chi connectivity index (χ0v) is 16.8. The van der Waals surface area contributed by atoms with Gasteiger partial charge in [-0.05, 0) is 48.5 Å². The molecule has 30 heavy (non-hydrogen) atoms. The number of aromatic nitrogens is 1. The number of amides is 1. The lowest BCUT2D eigenvalue weighted by atomic mass is 10.2. The summed E-state index contributed by atoms with van der Waals surface area (Å²) in [6, 6.07) is 20.8. The molecule has 1 amide bonds. The minimum atomic E-state index is -0.561. The van der Waals surface area contributed by atoms with Crippen molar-refractivity contribution in [1.82, 2.24) is 4.98 Å². The number of hydrogen-bond acceptors (Lipinski definition) is 6. The molecule has 7 heteroatoms. The lowest BCUT2D eigenvalue weighted by Crippen LogP contribution is -2.46. The molecule has 2 heterocycles. The highest BCUT2D eigenvalue weighted by atomic mass is 16.6. The van der Waals surface area contributed by atoms with Crippen LogP contribution in [0.25, 0.3) is 0 Å². The van der Waals surface area contributed by atoms with Gasteiger partial charge in [-0.25, -0.2) is 9.78 Å². The Morgan fingerprint density at radius 2 is 1.47 bits per heavy atom. The van der Waals surface area contributed by atoms with Crippen molar-refractivity contribution in [3.8, 4) is 11.5 Å². The molecule has 0 aliphatic carbocycles. The molecule has 1 aromatic heterocycles. The van der Waals surface area contributed by atoms with Crippen molar-refractivity contribution in [2.24, 2.45) is 0 Å². The average Bonchev–Trinajstić information content (AvgIpc) is 2.80. The lowest BCUT2D eigenvalue weighted by Gasteiger charge is -2.37. The second-order valence-electron chi connectivity index (χ2n) is 6.90. The van der Waals surface area contributed by atoms with Crippen LogP contribution in [0.2, 0.25) is 0 Å². The number of para-hydroxylation sites is 1. The Hall–Kier alpha value is -3.74. The fourth-order valence-corrected chi connectivity index (χ4v) is 3.39. The Morgan fingerprint density at radius 1 is 0.833 bits per heavy atom. The van der Waals surface area contributed by atoms with E-state index in [0.29, 0.717) is 11.6 Å². The standard InChI is InChI=1S/C23H24N4O3/c1-29-20-10-7-18(8-11-20)26-13-15-27(16-14-26)19-9-12-22(24-17-19)25-23(28)30-21-5-3-2-4-6-21/h2-12,17H,13-16H2,1H3,(H,24,25,28). The van der Waals surface area contributed by atoms with Gasteiger partial charge in [0.15, 0.2) is 0 Å². The summed E-state index contributed by atoms with van der Waals surface area (Å²) in [5.74, 6) is 1.81. The maximum Gasteiger partial charge on any atom is 0.418 e. The van der Waals surface area contributed by atoms with Gasteiger partial charge in [-0.2, -0.15) is 0 Å². The zero-order valence-electron chi connectivity index (χ0n) is 16.8. The van der Waals surface area contributed by atoms with Gasteiger partial charge in [-0.15, -0.1) is 0 Å². The summed E-state index contributed by atoms with van der Waals surface area (Å²) < 4.78 is 10.4. The van der Waals surface area contributed by atoms with Gasteiger partial charge in [0.25, 0.3) is 0 Å². The van der Waals surface area contributed by atoms with E-state index in [1.165, 1.54) is 5.69 Å². The quantitative estimate of drug-likeness (QED) is 0.693. The lowest BCUT2D eigenvalue weighted by molar-refractivity contribution is 0.215. The number of piperazine rings is 1. The molecule has 0 unspecified atom stereocenters. The van der Waals surface area contributed by atoms with Crippen LogP contribution >= 0.6 is 0 Å². The van der Waals surface area contributed by atoms with E-state index in [1.807, 2.05) is 36.4 Å². The third kappa shape index (κ3) is 4.81. The van der Waals surface area contributed by atoms with Crippen LogP contribution in [0, 0.1) is 0 Å². The van der Waals surface area contributed by atoms with E-state index in [4.69, 9.17) is 9.47 Å². The Bertz CT molecular complexity index is 954. The number of pyridine rings is 1. The number of ether oxygens (including phenoxy) is 2. The fourth-order valence-electron chi connectivity index (χ4n) is 3.39. The molecule has 154 valence electrons. The molecule has 3 aromatic rings. The largest absolute Gasteiger partial charge is 0.497 e. The first-order valence-electron chi connectivity index (χ1n) is 9.85. The van der Waals surface area contributed by atoms with Crippen molar-refractivity contribution < 1.29 is 14.3 Å². The minimum Gasteiger partial charge on any atom is -0.497 e. The van der Waals surface area contributed by atoms with Gasteiger partial charge in [-0.1, -0.05) is 18.2 Å². The fraction of sp³-hybridized carbons (Fsp3) is 0.217. The second kappa shape index (κ2) is 9.17. The Kier molecular flexibility index (Phi) is 5.98. The van der Waals surface area contributed by atoms with Gasteiger partial charge in [0.05, 0.1) is 19.0 Å². The van der Waals surface area contributed by atoms with Gasteiger partial charge < -0.3 is 19.3 Å². The van der Waals surface area contributed by atoms with Crippen LogP contribution in [0.5, 0.6) is 11.5 Å². The number of benzene rings is 2.